The lowest BCUT2D eigenvalue weighted by Gasteiger charge is -2.12. The van der Waals surface area contributed by atoms with Gasteiger partial charge in [-0.05, 0) is 12.8 Å². The van der Waals surface area contributed by atoms with Crippen LogP contribution in [0.5, 0.6) is 0 Å². The van der Waals surface area contributed by atoms with Crippen molar-refractivity contribution in [2.24, 2.45) is 0 Å². The fraction of sp³-hybridized carbons (Fsp3) is 1.00. The Hall–Kier alpha value is 0.110. The molecule has 0 saturated heterocycles. The Bertz CT molecular complexity index is 620. The summed E-state index contributed by atoms with van der Waals surface area (Å²) in [5.74, 6) is 0. The molecule has 0 saturated carbocycles. The minimum absolute atomic E-state index is 0.326. The zero-order valence-corrected chi connectivity index (χ0v) is 36.1. The summed E-state index contributed by atoms with van der Waals surface area (Å²) in [6.07, 6.45) is 56.9. The van der Waals surface area contributed by atoms with Crippen LogP contribution in [0.2, 0.25) is 0 Å². The van der Waals surface area contributed by atoms with Gasteiger partial charge in [-0.3, -0.25) is 9.05 Å². The summed E-state index contributed by atoms with van der Waals surface area (Å²) in [6, 6.07) is 0. The van der Waals surface area contributed by atoms with Gasteiger partial charge in [0.25, 0.3) is 0 Å². The summed E-state index contributed by atoms with van der Waals surface area (Å²) in [4.78, 5) is 9.96. The highest BCUT2D eigenvalue weighted by Gasteiger charge is 2.19. The van der Waals surface area contributed by atoms with E-state index in [9.17, 15) is 9.46 Å². The predicted octanol–water partition coefficient (Wildman–Crippen LogP) is 17.5. The van der Waals surface area contributed by atoms with Crippen LogP contribution in [-0.4, -0.2) is 18.1 Å². The molecule has 0 bridgehead atoms. The molecule has 51 heavy (non-hydrogen) atoms. The average Bonchev–Trinajstić information content (AvgIpc) is 3.12. The number of phosphoric acid groups is 1. The van der Waals surface area contributed by atoms with E-state index in [-0.39, 0.29) is 0 Å². The molecule has 4 nitrogen and oxygen atoms in total. The number of hydrogen-bond donors (Lipinski definition) is 1. The first-order valence-corrected chi connectivity index (χ1v) is 25.2. The molecule has 0 spiro atoms. The van der Waals surface area contributed by atoms with Gasteiger partial charge in [0.2, 0.25) is 0 Å². The zero-order valence-electron chi connectivity index (χ0n) is 35.2. The predicted molar refractivity (Wildman–Crippen MR) is 227 cm³/mol. The maximum atomic E-state index is 12.1. The Labute approximate surface area is 322 Å². The SMILES string of the molecule is CCCCCCCCCCCCCCCCCCCCCCCOP(=O)(O)OCCCCCCCCCCCCCCCCCCCCCCC. The first-order chi connectivity index (χ1) is 25.1. The Morgan fingerprint density at radius 2 is 0.412 bits per heavy atom. The summed E-state index contributed by atoms with van der Waals surface area (Å²) >= 11 is 0. The van der Waals surface area contributed by atoms with Gasteiger partial charge in [-0.15, -0.1) is 0 Å². The lowest BCUT2D eigenvalue weighted by atomic mass is 10.0. The second kappa shape index (κ2) is 44.5. The molecule has 0 heterocycles. The standard InChI is InChI=1S/C46H95O4P/c1-3-5-7-9-11-13-15-17-19-21-23-25-27-29-31-33-35-37-39-41-43-45-49-51(47,48)50-46-44-42-40-38-36-34-32-30-28-26-24-22-20-18-16-14-12-10-8-6-4-2/h3-46H2,1-2H3,(H,47,48). The van der Waals surface area contributed by atoms with Crippen LogP contribution in [0, 0.1) is 0 Å². The van der Waals surface area contributed by atoms with Gasteiger partial charge >= 0.3 is 7.82 Å². The van der Waals surface area contributed by atoms with Crippen molar-refractivity contribution >= 4 is 7.82 Å². The van der Waals surface area contributed by atoms with Gasteiger partial charge in [0.1, 0.15) is 0 Å². The van der Waals surface area contributed by atoms with E-state index in [2.05, 4.69) is 13.8 Å². The van der Waals surface area contributed by atoms with E-state index in [0.717, 1.165) is 25.7 Å². The van der Waals surface area contributed by atoms with E-state index < -0.39 is 7.82 Å². The molecule has 0 rings (SSSR count). The summed E-state index contributed by atoms with van der Waals surface area (Å²) in [5, 5.41) is 0. The normalized spacial score (nSPS) is 12.0. The third kappa shape index (κ3) is 46.2. The molecule has 0 aromatic rings. The number of hydrogen-bond acceptors (Lipinski definition) is 3. The van der Waals surface area contributed by atoms with E-state index in [1.165, 1.54) is 244 Å². The quantitative estimate of drug-likeness (QED) is 0.0498. The Balaban J connectivity index is 3.24. The van der Waals surface area contributed by atoms with E-state index in [0.29, 0.717) is 13.2 Å². The monoisotopic (exact) mass is 743 g/mol. The molecule has 0 aromatic carbocycles. The molecule has 0 unspecified atom stereocenters. The van der Waals surface area contributed by atoms with E-state index in [1.54, 1.807) is 0 Å². The summed E-state index contributed by atoms with van der Waals surface area (Å²) < 4.78 is 22.6. The minimum Gasteiger partial charge on any atom is -0.302 e. The highest BCUT2D eigenvalue weighted by molar-refractivity contribution is 7.47. The molecule has 0 radical (unpaired) electrons. The first kappa shape index (κ1) is 51.1. The molecule has 0 amide bonds. The Kier molecular flexibility index (Phi) is 44.6. The van der Waals surface area contributed by atoms with Crippen LogP contribution in [0.15, 0.2) is 0 Å². The van der Waals surface area contributed by atoms with Crippen LogP contribution in [0.4, 0.5) is 0 Å². The van der Waals surface area contributed by atoms with Crippen molar-refractivity contribution in [2.75, 3.05) is 13.2 Å². The van der Waals surface area contributed by atoms with E-state index in [4.69, 9.17) is 9.05 Å². The van der Waals surface area contributed by atoms with Gasteiger partial charge in [-0.1, -0.05) is 271 Å². The Morgan fingerprint density at radius 3 is 0.569 bits per heavy atom. The second-order valence-electron chi connectivity index (χ2n) is 16.3. The molecule has 0 atom stereocenters. The van der Waals surface area contributed by atoms with Gasteiger partial charge in [0.05, 0.1) is 13.2 Å². The van der Waals surface area contributed by atoms with Crippen LogP contribution in [0.25, 0.3) is 0 Å². The minimum atomic E-state index is -3.88. The van der Waals surface area contributed by atoms with Gasteiger partial charge < -0.3 is 4.89 Å². The van der Waals surface area contributed by atoms with E-state index >= 15 is 0 Å². The molecular weight excluding hydrogens is 647 g/mol. The van der Waals surface area contributed by atoms with E-state index in [1.807, 2.05) is 0 Å². The summed E-state index contributed by atoms with van der Waals surface area (Å²) in [6.45, 7) is 5.24. The molecular formula is C46H95O4P. The number of rotatable bonds is 46. The highest BCUT2D eigenvalue weighted by Crippen LogP contribution is 2.43. The number of phosphoric ester groups is 1. The van der Waals surface area contributed by atoms with Gasteiger partial charge in [-0.2, -0.15) is 0 Å². The third-order valence-electron chi connectivity index (χ3n) is 11.0. The number of unbranched alkanes of at least 4 members (excludes halogenated alkanes) is 40. The van der Waals surface area contributed by atoms with Crippen molar-refractivity contribution in [3.8, 4) is 0 Å². The van der Waals surface area contributed by atoms with Crippen LogP contribution >= 0.6 is 7.82 Å². The molecule has 0 aliphatic carbocycles. The van der Waals surface area contributed by atoms with Gasteiger partial charge in [-0.25, -0.2) is 4.57 Å². The lowest BCUT2D eigenvalue weighted by molar-refractivity contribution is 0.145. The molecule has 0 aliphatic heterocycles. The van der Waals surface area contributed by atoms with Crippen molar-refractivity contribution in [3.63, 3.8) is 0 Å². The fourth-order valence-electron chi connectivity index (χ4n) is 7.47. The van der Waals surface area contributed by atoms with Crippen LogP contribution in [0.1, 0.15) is 284 Å². The van der Waals surface area contributed by atoms with Gasteiger partial charge in [0, 0.05) is 0 Å². The fourth-order valence-corrected chi connectivity index (χ4v) is 8.26. The van der Waals surface area contributed by atoms with Crippen molar-refractivity contribution in [1.82, 2.24) is 0 Å². The largest absolute Gasteiger partial charge is 0.472 e. The van der Waals surface area contributed by atoms with Gasteiger partial charge in [0.15, 0.2) is 0 Å². The molecule has 0 aromatic heterocycles. The zero-order chi connectivity index (χ0) is 37.0. The first-order valence-electron chi connectivity index (χ1n) is 23.7. The topological polar surface area (TPSA) is 55.8 Å². The summed E-state index contributed by atoms with van der Waals surface area (Å²) in [7, 11) is -3.88. The third-order valence-corrected chi connectivity index (χ3v) is 12.0. The van der Waals surface area contributed by atoms with Crippen LogP contribution in [-0.2, 0) is 13.6 Å². The molecule has 5 heteroatoms. The van der Waals surface area contributed by atoms with Crippen molar-refractivity contribution in [2.45, 2.75) is 284 Å². The van der Waals surface area contributed by atoms with Crippen molar-refractivity contribution in [3.05, 3.63) is 0 Å². The second-order valence-corrected chi connectivity index (χ2v) is 17.7. The summed E-state index contributed by atoms with van der Waals surface area (Å²) in [5.41, 5.74) is 0. The molecule has 0 fully saturated rings. The average molecular weight is 743 g/mol. The van der Waals surface area contributed by atoms with Crippen molar-refractivity contribution < 1.29 is 18.5 Å². The van der Waals surface area contributed by atoms with Crippen LogP contribution in [0.3, 0.4) is 0 Å². The molecule has 0 aliphatic rings. The Morgan fingerprint density at radius 1 is 0.275 bits per heavy atom. The molecule has 1 N–H and O–H groups in total. The van der Waals surface area contributed by atoms with Crippen LogP contribution < -0.4 is 0 Å². The lowest BCUT2D eigenvalue weighted by Crippen LogP contribution is -1.99. The maximum absolute atomic E-state index is 12.1. The smallest absolute Gasteiger partial charge is 0.302 e. The highest BCUT2D eigenvalue weighted by atomic mass is 31.2. The molecule has 308 valence electrons. The van der Waals surface area contributed by atoms with Crippen molar-refractivity contribution in [1.29, 1.82) is 0 Å². The maximum Gasteiger partial charge on any atom is 0.472 e.